The SMILES string of the molecule is C[C@@H](COC(F)F)Oc1cc(Oc2cnc(C(=O)N3CCC3)cn2)cc(C(=O)Nc2cc[nH]n2)c1. The molecule has 4 rings (SSSR count). The first kappa shape index (κ1) is 24.0. The van der Waals surface area contributed by atoms with Crippen LogP contribution in [-0.2, 0) is 4.74 Å². The zero-order valence-corrected chi connectivity index (χ0v) is 18.6. The van der Waals surface area contributed by atoms with E-state index in [0.717, 1.165) is 6.42 Å². The molecule has 1 fully saturated rings. The minimum absolute atomic E-state index is 0.0788. The number of H-pyrrole nitrogens is 1. The number of carbonyl (C=O) groups excluding carboxylic acids is 2. The van der Waals surface area contributed by atoms with E-state index in [2.05, 4.69) is 30.2 Å². The van der Waals surface area contributed by atoms with E-state index in [1.807, 2.05) is 0 Å². The second kappa shape index (κ2) is 10.9. The third-order valence-electron chi connectivity index (χ3n) is 4.89. The first-order valence-electron chi connectivity index (χ1n) is 10.7. The number of benzene rings is 1. The summed E-state index contributed by atoms with van der Waals surface area (Å²) in [5.41, 5.74) is 0.348. The van der Waals surface area contributed by atoms with Crippen molar-refractivity contribution in [1.82, 2.24) is 25.1 Å². The van der Waals surface area contributed by atoms with E-state index in [9.17, 15) is 18.4 Å². The summed E-state index contributed by atoms with van der Waals surface area (Å²) in [6.45, 7) is -0.375. The molecule has 35 heavy (non-hydrogen) atoms. The van der Waals surface area contributed by atoms with Gasteiger partial charge in [-0.3, -0.25) is 14.7 Å². The standard InChI is InChI=1S/C22H22F2N6O5/c1-13(12-33-22(23)24)34-15-7-14(20(31)28-18-3-4-27-29-18)8-16(9-15)35-19-11-25-17(10-26-19)21(32)30-5-2-6-30/h3-4,7-11,13,22H,2,5-6,12H2,1H3,(H2,27,28,29,31)/t13-/m0/s1. The maximum Gasteiger partial charge on any atom is 0.345 e. The Kier molecular flexibility index (Phi) is 7.45. The number of nitrogens with one attached hydrogen (secondary N) is 2. The highest BCUT2D eigenvalue weighted by Gasteiger charge is 2.23. The van der Waals surface area contributed by atoms with Gasteiger partial charge in [0, 0.05) is 37.0 Å². The van der Waals surface area contributed by atoms with Crippen LogP contribution in [0.25, 0.3) is 0 Å². The summed E-state index contributed by atoms with van der Waals surface area (Å²) in [6, 6.07) is 5.90. The lowest BCUT2D eigenvalue weighted by molar-refractivity contribution is -0.142. The van der Waals surface area contributed by atoms with Crippen LogP contribution < -0.4 is 14.8 Å². The number of aromatic amines is 1. The number of halogens is 2. The Morgan fingerprint density at radius 2 is 1.97 bits per heavy atom. The van der Waals surface area contributed by atoms with E-state index in [1.165, 1.54) is 30.6 Å². The lowest BCUT2D eigenvalue weighted by Gasteiger charge is -2.30. The number of rotatable bonds is 10. The van der Waals surface area contributed by atoms with Gasteiger partial charge in [0.05, 0.1) is 19.0 Å². The van der Waals surface area contributed by atoms with Crippen LogP contribution in [0.5, 0.6) is 17.4 Å². The van der Waals surface area contributed by atoms with Gasteiger partial charge in [-0.15, -0.1) is 0 Å². The Hall–Kier alpha value is -4.13. The maximum atomic E-state index is 12.7. The molecule has 13 heteroatoms. The zero-order valence-electron chi connectivity index (χ0n) is 18.6. The molecule has 3 aromatic rings. The average Bonchev–Trinajstić information content (AvgIpc) is 3.30. The maximum absolute atomic E-state index is 12.7. The summed E-state index contributed by atoms with van der Waals surface area (Å²) < 4.78 is 40.3. The number of likely N-dealkylation sites (tertiary alicyclic amines) is 1. The number of nitrogens with zero attached hydrogens (tertiary/aromatic N) is 4. The smallest absolute Gasteiger partial charge is 0.345 e. The summed E-state index contributed by atoms with van der Waals surface area (Å²) in [6.07, 6.45) is 4.37. The van der Waals surface area contributed by atoms with Crippen molar-refractivity contribution in [3.05, 3.63) is 54.1 Å². The van der Waals surface area contributed by atoms with Crippen LogP contribution >= 0.6 is 0 Å². The van der Waals surface area contributed by atoms with Crippen molar-refractivity contribution in [3.8, 4) is 17.4 Å². The molecule has 2 N–H and O–H groups in total. The Morgan fingerprint density at radius 1 is 1.17 bits per heavy atom. The fourth-order valence-corrected chi connectivity index (χ4v) is 3.10. The quantitative estimate of drug-likeness (QED) is 0.445. The normalized spacial score (nSPS) is 13.8. The molecule has 2 aromatic heterocycles. The molecule has 0 radical (unpaired) electrons. The summed E-state index contributed by atoms with van der Waals surface area (Å²) in [5, 5.41) is 9.06. The molecular formula is C22H22F2N6O5. The Balaban J connectivity index is 1.52. The molecule has 3 heterocycles. The second-order valence-electron chi connectivity index (χ2n) is 7.62. The molecule has 1 aliphatic rings. The predicted octanol–water partition coefficient (Wildman–Crippen LogP) is 3.10. The van der Waals surface area contributed by atoms with Crippen molar-refractivity contribution in [2.75, 3.05) is 25.0 Å². The average molecular weight is 488 g/mol. The lowest BCUT2D eigenvalue weighted by atomic mass is 10.2. The van der Waals surface area contributed by atoms with E-state index >= 15 is 0 Å². The number of hydrogen-bond donors (Lipinski definition) is 2. The van der Waals surface area contributed by atoms with E-state index in [4.69, 9.17) is 9.47 Å². The van der Waals surface area contributed by atoms with Gasteiger partial charge in [-0.25, -0.2) is 9.97 Å². The van der Waals surface area contributed by atoms with Crippen molar-refractivity contribution in [3.63, 3.8) is 0 Å². The molecule has 1 atom stereocenters. The van der Waals surface area contributed by atoms with Gasteiger partial charge >= 0.3 is 6.61 Å². The molecule has 0 bridgehead atoms. The molecule has 11 nitrogen and oxygen atoms in total. The van der Waals surface area contributed by atoms with E-state index in [0.29, 0.717) is 18.9 Å². The molecule has 0 unspecified atom stereocenters. The number of alkyl halides is 2. The molecule has 2 amide bonds. The number of amides is 2. The topological polar surface area (TPSA) is 132 Å². The third kappa shape index (κ3) is 6.47. The minimum atomic E-state index is -2.93. The summed E-state index contributed by atoms with van der Waals surface area (Å²) >= 11 is 0. The summed E-state index contributed by atoms with van der Waals surface area (Å²) in [7, 11) is 0. The molecule has 1 saturated heterocycles. The first-order valence-corrected chi connectivity index (χ1v) is 10.7. The zero-order chi connectivity index (χ0) is 24.8. The Morgan fingerprint density at radius 3 is 2.60 bits per heavy atom. The second-order valence-corrected chi connectivity index (χ2v) is 7.62. The van der Waals surface area contributed by atoms with Crippen LogP contribution in [-0.4, -0.2) is 69.3 Å². The van der Waals surface area contributed by atoms with E-state index in [1.54, 1.807) is 24.1 Å². The van der Waals surface area contributed by atoms with Crippen molar-refractivity contribution < 1.29 is 32.6 Å². The Bertz CT molecular complexity index is 1160. The number of ether oxygens (including phenoxy) is 3. The molecule has 0 aliphatic carbocycles. The van der Waals surface area contributed by atoms with Crippen molar-refractivity contribution >= 4 is 17.6 Å². The largest absolute Gasteiger partial charge is 0.488 e. The molecular weight excluding hydrogens is 466 g/mol. The number of hydrogen-bond acceptors (Lipinski definition) is 8. The molecule has 0 saturated carbocycles. The highest BCUT2D eigenvalue weighted by molar-refractivity contribution is 6.04. The van der Waals surface area contributed by atoms with Crippen molar-refractivity contribution in [1.29, 1.82) is 0 Å². The van der Waals surface area contributed by atoms with Gasteiger partial charge in [0.15, 0.2) is 5.82 Å². The van der Waals surface area contributed by atoms with Gasteiger partial charge in [-0.1, -0.05) is 0 Å². The monoisotopic (exact) mass is 488 g/mol. The van der Waals surface area contributed by atoms with Crippen molar-refractivity contribution in [2.45, 2.75) is 26.1 Å². The van der Waals surface area contributed by atoms with Gasteiger partial charge in [-0.05, 0) is 25.5 Å². The number of carbonyl (C=O) groups is 2. The van der Waals surface area contributed by atoms with Crippen LogP contribution in [0.2, 0.25) is 0 Å². The van der Waals surface area contributed by atoms with Gasteiger partial charge in [-0.2, -0.15) is 13.9 Å². The fourth-order valence-electron chi connectivity index (χ4n) is 3.10. The number of anilines is 1. The van der Waals surface area contributed by atoms with Crippen LogP contribution in [0.15, 0.2) is 42.9 Å². The van der Waals surface area contributed by atoms with Gasteiger partial charge < -0.3 is 24.4 Å². The number of aromatic nitrogens is 4. The van der Waals surface area contributed by atoms with Crippen LogP contribution in [0.4, 0.5) is 14.6 Å². The van der Waals surface area contributed by atoms with Crippen LogP contribution in [0.3, 0.4) is 0 Å². The van der Waals surface area contributed by atoms with Gasteiger partial charge in [0.2, 0.25) is 5.88 Å². The highest BCUT2D eigenvalue weighted by atomic mass is 19.3. The summed E-state index contributed by atoms with van der Waals surface area (Å²) in [4.78, 5) is 34.9. The van der Waals surface area contributed by atoms with E-state index < -0.39 is 18.6 Å². The predicted molar refractivity (Wildman–Crippen MR) is 118 cm³/mol. The van der Waals surface area contributed by atoms with Gasteiger partial charge in [0.1, 0.15) is 23.3 Å². The molecule has 0 spiro atoms. The minimum Gasteiger partial charge on any atom is -0.488 e. The summed E-state index contributed by atoms with van der Waals surface area (Å²) in [5.74, 6) is 0.0183. The molecule has 1 aromatic carbocycles. The third-order valence-corrected chi connectivity index (χ3v) is 4.89. The van der Waals surface area contributed by atoms with Crippen molar-refractivity contribution in [2.24, 2.45) is 0 Å². The first-order chi connectivity index (χ1) is 16.9. The van der Waals surface area contributed by atoms with E-state index in [-0.39, 0.29) is 41.2 Å². The fraction of sp³-hybridized carbons (Fsp3) is 0.318. The van der Waals surface area contributed by atoms with Crippen LogP contribution in [0.1, 0.15) is 34.2 Å². The molecule has 184 valence electrons. The Labute approximate surface area is 198 Å². The van der Waals surface area contributed by atoms with Crippen LogP contribution in [0, 0.1) is 0 Å². The lowest BCUT2D eigenvalue weighted by Crippen LogP contribution is -2.42. The molecule has 1 aliphatic heterocycles. The highest BCUT2D eigenvalue weighted by Crippen LogP contribution is 2.28. The van der Waals surface area contributed by atoms with Gasteiger partial charge in [0.25, 0.3) is 11.8 Å².